The van der Waals surface area contributed by atoms with Gasteiger partial charge in [0.1, 0.15) is 0 Å². The van der Waals surface area contributed by atoms with Crippen molar-refractivity contribution in [3.8, 4) is 0 Å². The SMILES string of the molecule is CC.CC.CS(=O)(=O)N1CC2(CCNCC2)c2ccccc21. The third kappa shape index (κ3) is 3.63. The lowest BCUT2D eigenvalue weighted by atomic mass is 9.75. The van der Waals surface area contributed by atoms with Crippen LogP contribution in [0.3, 0.4) is 0 Å². The van der Waals surface area contributed by atoms with Crippen LogP contribution in [0.4, 0.5) is 5.69 Å². The maximum atomic E-state index is 11.9. The van der Waals surface area contributed by atoms with Crippen LogP contribution in [0.15, 0.2) is 24.3 Å². The molecule has 2 aliphatic heterocycles. The molecule has 1 N–H and O–H groups in total. The number of hydrogen-bond donors (Lipinski definition) is 1. The quantitative estimate of drug-likeness (QED) is 0.862. The maximum absolute atomic E-state index is 11.9. The Morgan fingerprint density at radius 3 is 2.14 bits per heavy atom. The zero-order valence-corrected chi connectivity index (χ0v) is 15.3. The number of benzene rings is 1. The van der Waals surface area contributed by atoms with Crippen LogP contribution in [0.1, 0.15) is 46.1 Å². The van der Waals surface area contributed by atoms with Crippen LogP contribution in [0, 0.1) is 0 Å². The second-order valence-electron chi connectivity index (χ2n) is 5.32. The van der Waals surface area contributed by atoms with Crippen molar-refractivity contribution in [1.29, 1.82) is 0 Å². The number of hydrogen-bond acceptors (Lipinski definition) is 3. The molecule has 0 atom stereocenters. The first-order valence-electron chi connectivity index (χ1n) is 8.31. The molecule has 0 aromatic heterocycles. The summed E-state index contributed by atoms with van der Waals surface area (Å²) in [6, 6.07) is 7.94. The highest BCUT2D eigenvalue weighted by Crippen LogP contribution is 2.46. The number of fused-ring (bicyclic) bond motifs is 2. The van der Waals surface area contributed by atoms with Crippen LogP contribution in [0.5, 0.6) is 0 Å². The third-order valence-corrected chi connectivity index (χ3v) is 5.28. The fourth-order valence-electron chi connectivity index (χ4n) is 3.21. The first-order valence-corrected chi connectivity index (χ1v) is 10.2. The van der Waals surface area contributed by atoms with E-state index >= 15 is 0 Å². The van der Waals surface area contributed by atoms with E-state index in [1.807, 2.05) is 45.9 Å². The molecule has 0 radical (unpaired) electrons. The van der Waals surface area contributed by atoms with Crippen molar-refractivity contribution in [1.82, 2.24) is 5.32 Å². The Kier molecular flexibility index (Phi) is 6.88. The Balaban J connectivity index is 0.000000561. The van der Waals surface area contributed by atoms with Crippen molar-refractivity contribution in [3.63, 3.8) is 0 Å². The fraction of sp³-hybridized carbons (Fsp3) is 0.647. The van der Waals surface area contributed by atoms with Gasteiger partial charge in [-0.15, -0.1) is 0 Å². The number of para-hydroxylation sites is 1. The van der Waals surface area contributed by atoms with Gasteiger partial charge in [-0.2, -0.15) is 0 Å². The zero-order valence-electron chi connectivity index (χ0n) is 14.5. The molecule has 1 aromatic carbocycles. The topological polar surface area (TPSA) is 49.4 Å². The van der Waals surface area contributed by atoms with Gasteiger partial charge < -0.3 is 5.32 Å². The lowest BCUT2D eigenvalue weighted by Gasteiger charge is -2.34. The highest BCUT2D eigenvalue weighted by Gasteiger charge is 2.45. The molecule has 4 nitrogen and oxygen atoms in total. The van der Waals surface area contributed by atoms with Crippen molar-refractivity contribution in [2.75, 3.05) is 30.2 Å². The summed E-state index contributed by atoms with van der Waals surface area (Å²) in [6.45, 7) is 10.5. The summed E-state index contributed by atoms with van der Waals surface area (Å²) >= 11 is 0. The summed E-state index contributed by atoms with van der Waals surface area (Å²) in [5.41, 5.74) is 2.10. The predicted molar refractivity (Wildman–Crippen MR) is 95.1 cm³/mol. The zero-order chi connectivity index (χ0) is 16.8. The molecular weight excluding hydrogens is 296 g/mol. The molecule has 5 heteroatoms. The Labute approximate surface area is 136 Å². The van der Waals surface area contributed by atoms with E-state index in [2.05, 4.69) is 11.4 Å². The monoisotopic (exact) mass is 326 g/mol. The van der Waals surface area contributed by atoms with Gasteiger partial charge in [0.15, 0.2) is 0 Å². The van der Waals surface area contributed by atoms with Crippen LogP contribution in [-0.4, -0.2) is 34.3 Å². The van der Waals surface area contributed by atoms with Gasteiger partial charge in [0, 0.05) is 12.0 Å². The summed E-state index contributed by atoms with van der Waals surface area (Å²) in [5.74, 6) is 0. The molecule has 0 aliphatic carbocycles. The molecule has 1 spiro atoms. The summed E-state index contributed by atoms with van der Waals surface area (Å²) in [7, 11) is -3.18. The number of nitrogens with zero attached hydrogens (tertiary/aromatic N) is 1. The predicted octanol–water partition coefficient (Wildman–Crippen LogP) is 3.14. The van der Waals surface area contributed by atoms with Crippen molar-refractivity contribution in [3.05, 3.63) is 29.8 Å². The largest absolute Gasteiger partial charge is 0.317 e. The molecule has 2 heterocycles. The molecule has 0 unspecified atom stereocenters. The lowest BCUT2D eigenvalue weighted by molar-refractivity contribution is 0.330. The van der Waals surface area contributed by atoms with Crippen LogP contribution < -0.4 is 9.62 Å². The lowest BCUT2D eigenvalue weighted by Crippen LogP contribution is -2.44. The minimum Gasteiger partial charge on any atom is -0.317 e. The summed E-state index contributed by atoms with van der Waals surface area (Å²) in [5, 5.41) is 3.35. The van der Waals surface area contributed by atoms with Crippen molar-refractivity contribution in [2.45, 2.75) is 46.0 Å². The molecular formula is C17H30N2O2S. The second-order valence-corrected chi connectivity index (χ2v) is 7.22. The van der Waals surface area contributed by atoms with Crippen molar-refractivity contribution >= 4 is 15.7 Å². The van der Waals surface area contributed by atoms with E-state index in [4.69, 9.17) is 0 Å². The number of sulfonamides is 1. The Bertz CT molecular complexity index is 564. The summed E-state index contributed by atoms with van der Waals surface area (Å²) < 4.78 is 25.4. The Hall–Kier alpha value is -1.07. The van der Waals surface area contributed by atoms with E-state index in [9.17, 15) is 8.42 Å². The highest BCUT2D eigenvalue weighted by atomic mass is 32.2. The maximum Gasteiger partial charge on any atom is 0.232 e. The number of rotatable bonds is 1. The molecule has 2 aliphatic rings. The number of anilines is 1. The first-order chi connectivity index (χ1) is 10.5. The molecule has 1 saturated heterocycles. The van der Waals surface area contributed by atoms with Crippen LogP contribution >= 0.6 is 0 Å². The molecule has 1 aromatic rings. The average Bonchev–Trinajstić information content (AvgIpc) is 2.87. The van der Waals surface area contributed by atoms with Gasteiger partial charge in [-0.25, -0.2) is 8.42 Å². The first kappa shape index (κ1) is 19.0. The van der Waals surface area contributed by atoms with Gasteiger partial charge in [-0.05, 0) is 37.6 Å². The minimum atomic E-state index is -3.18. The van der Waals surface area contributed by atoms with Crippen molar-refractivity contribution < 1.29 is 8.42 Å². The molecule has 3 rings (SSSR count). The van der Waals surface area contributed by atoms with Gasteiger partial charge in [0.2, 0.25) is 10.0 Å². The Morgan fingerprint density at radius 1 is 1.05 bits per heavy atom. The van der Waals surface area contributed by atoms with Gasteiger partial charge in [0.05, 0.1) is 11.9 Å². The molecule has 0 amide bonds. The van der Waals surface area contributed by atoms with Crippen LogP contribution in [-0.2, 0) is 15.4 Å². The second kappa shape index (κ2) is 7.97. The van der Waals surface area contributed by atoms with E-state index in [0.717, 1.165) is 31.6 Å². The van der Waals surface area contributed by atoms with E-state index in [0.29, 0.717) is 6.54 Å². The normalized spacial score (nSPS) is 18.7. The average molecular weight is 327 g/mol. The minimum absolute atomic E-state index is 0.0188. The molecule has 1 fully saturated rings. The standard InChI is InChI=1S/C13H18N2O2S.2C2H6/c1-18(16,17)15-10-13(6-8-14-9-7-13)11-4-2-3-5-12(11)15;2*1-2/h2-5,14H,6-10H2,1H3;2*1-2H3. The number of nitrogens with one attached hydrogen (secondary N) is 1. The van der Waals surface area contributed by atoms with Gasteiger partial charge in [-0.3, -0.25) is 4.31 Å². The number of piperidine rings is 1. The van der Waals surface area contributed by atoms with Crippen LogP contribution in [0.25, 0.3) is 0 Å². The summed E-state index contributed by atoms with van der Waals surface area (Å²) in [6.07, 6.45) is 3.32. The van der Waals surface area contributed by atoms with E-state index in [1.54, 1.807) is 4.31 Å². The van der Waals surface area contributed by atoms with Gasteiger partial charge >= 0.3 is 0 Å². The summed E-state index contributed by atoms with van der Waals surface area (Å²) in [4.78, 5) is 0. The molecule has 0 bridgehead atoms. The van der Waals surface area contributed by atoms with Crippen molar-refractivity contribution in [2.24, 2.45) is 0 Å². The fourth-order valence-corrected chi connectivity index (χ4v) is 4.21. The van der Waals surface area contributed by atoms with E-state index in [-0.39, 0.29) is 5.41 Å². The van der Waals surface area contributed by atoms with E-state index < -0.39 is 10.0 Å². The van der Waals surface area contributed by atoms with Gasteiger partial charge in [0.25, 0.3) is 0 Å². The molecule has 126 valence electrons. The Morgan fingerprint density at radius 2 is 1.59 bits per heavy atom. The molecule has 22 heavy (non-hydrogen) atoms. The van der Waals surface area contributed by atoms with Crippen LogP contribution in [0.2, 0.25) is 0 Å². The smallest absolute Gasteiger partial charge is 0.232 e. The third-order valence-electron chi connectivity index (χ3n) is 4.15. The van der Waals surface area contributed by atoms with E-state index in [1.165, 1.54) is 11.8 Å². The van der Waals surface area contributed by atoms with Gasteiger partial charge in [-0.1, -0.05) is 45.9 Å². The molecule has 0 saturated carbocycles. The highest BCUT2D eigenvalue weighted by molar-refractivity contribution is 7.92.